The highest BCUT2D eigenvalue weighted by atomic mass is 79.9. The number of carbonyl (C=O) groups is 1. The molecule has 1 aromatic carbocycles. The minimum atomic E-state index is -0.875. The lowest BCUT2D eigenvalue weighted by Gasteiger charge is -2.22. The number of hydrogen-bond acceptors (Lipinski definition) is 6. The van der Waals surface area contributed by atoms with E-state index in [0.29, 0.717) is 36.6 Å². The topological polar surface area (TPSA) is 81.8 Å². The van der Waals surface area contributed by atoms with E-state index in [1.54, 1.807) is 26.1 Å². The summed E-state index contributed by atoms with van der Waals surface area (Å²) in [7, 11) is 0. The van der Waals surface area contributed by atoms with Crippen LogP contribution in [0.25, 0.3) is 21.8 Å². The molecule has 0 spiro atoms. The molecule has 2 heterocycles. The monoisotopic (exact) mass is 514 g/mol. The minimum Gasteiger partial charge on any atom is -0.369 e. The molecule has 29 heavy (non-hydrogen) atoms. The molecule has 3 aromatic rings. The maximum Gasteiger partial charge on any atom is 0.223 e. The molecule has 5 nitrogen and oxygen atoms in total. The summed E-state index contributed by atoms with van der Waals surface area (Å²) in [6.45, 7) is 3.40. The van der Waals surface area contributed by atoms with Crippen molar-refractivity contribution in [1.29, 1.82) is 0 Å². The molecule has 2 aromatic heterocycles. The Bertz CT molecular complexity index is 1090. The number of benzene rings is 1. The Hall–Kier alpha value is -1.55. The molecule has 0 saturated heterocycles. The Morgan fingerprint density at radius 3 is 2.76 bits per heavy atom. The van der Waals surface area contributed by atoms with Crippen molar-refractivity contribution in [3.05, 3.63) is 44.7 Å². The van der Waals surface area contributed by atoms with Crippen LogP contribution in [0.1, 0.15) is 19.4 Å². The third-order valence-electron chi connectivity index (χ3n) is 4.32. The van der Waals surface area contributed by atoms with Crippen LogP contribution in [0, 0.1) is 11.2 Å². The molecule has 0 aliphatic heterocycles. The number of aromatic nitrogens is 3. The Balaban J connectivity index is 2.16. The number of nitrogens with zero attached hydrogens (tertiary/aromatic N) is 3. The van der Waals surface area contributed by atoms with E-state index in [1.165, 1.54) is 35.2 Å². The quantitative estimate of drug-likeness (QED) is 0.341. The van der Waals surface area contributed by atoms with Gasteiger partial charge in [-0.25, -0.2) is 19.3 Å². The normalized spacial score (nSPS) is 11.7. The van der Waals surface area contributed by atoms with Gasteiger partial charge in [0.1, 0.15) is 5.82 Å². The average molecular weight is 516 g/mol. The second kappa shape index (κ2) is 8.67. The van der Waals surface area contributed by atoms with Gasteiger partial charge in [0.25, 0.3) is 0 Å². The highest BCUT2D eigenvalue weighted by Gasteiger charge is 2.28. The van der Waals surface area contributed by atoms with Gasteiger partial charge >= 0.3 is 0 Å². The zero-order chi connectivity index (χ0) is 21.3. The van der Waals surface area contributed by atoms with E-state index in [9.17, 15) is 9.18 Å². The van der Waals surface area contributed by atoms with E-state index in [-0.39, 0.29) is 6.42 Å². The van der Waals surface area contributed by atoms with Crippen molar-refractivity contribution < 1.29 is 9.18 Å². The van der Waals surface area contributed by atoms with Gasteiger partial charge in [-0.2, -0.15) is 0 Å². The zero-order valence-electron chi connectivity index (χ0n) is 15.8. The molecule has 0 saturated carbocycles. The van der Waals surface area contributed by atoms with Crippen LogP contribution in [0.4, 0.5) is 4.39 Å². The number of nitrogens with two attached hydrogens (primary N) is 1. The number of hydrogen-bond donors (Lipinski definition) is 1. The summed E-state index contributed by atoms with van der Waals surface area (Å²) in [5, 5.41) is 0.950. The van der Waals surface area contributed by atoms with E-state index >= 15 is 0 Å². The molecule has 0 aliphatic rings. The highest BCUT2D eigenvalue weighted by molar-refractivity contribution is 9.11. The molecule has 152 valence electrons. The Labute approximate surface area is 189 Å². The molecule has 10 heteroatoms. The summed E-state index contributed by atoms with van der Waals surface area (Å²) in [4.78, 5) is 25.7. The van der Waals surface area contributed by atoms with Crippen LogP contribution in [-0.2, 0) is 11.2 Å². The molecule has 1 amide bonds. The first-order chi connectivity index (χ1) is 13.6. The lowest BCUT2D eigenvalue weighted by Crippen LogP contribution is -2.33. The number of thioether (sulfide) groups is 1. The lowest BCUT2D eigenvalue weighted by molar-refractivity contribution is -0.125. The smallest absolute Gasteiger partial charge is 0.223 e. The van der Waals surface area contributed by atoms with Gasteiger partial charge in [-0.3, -0.25) is 4.79 Å². The van der Waals surface area contributed by atoms with E-state index in [2.05, 4.69) is 30.9 Å². The predicted molar refractivity (Wildman–Crippen MR) is 120 cm³/mol. The molecule has 2 N–H and O–H groups in total. The second-order valence-electron chi connectivity index (χ2n) is 6.92. The maximum absolute atomic E-state index is 14.5. The molecule has 3 rings (SSSR count). The van der Waals surface area contributed by atoms with Crippen molar-refractivity contribution in [2.45, 2.75) is 25.4 Å². The fourth-order valence-electron chi connectivity index (χ4n) is 2.73. The van der Waals surface area contributed by atoms with Crippen molar-refractivity contribution >= 4 is 56.5 Å². The number of amides is 1. The summed E-state index contributed by atoms with van der Waals surface area (Å²) < 4.78 is 15.1. The van der Waals surface area contributed by atoms with Crippen LogP contribution in [0.3, 0.4) is 0 Å². The lowest BCUT2D eigenvalue weighted by atomic mass is 9.84. The standard InChI is InChI=1S/C19H17BrClFN4OS2/c1-19(2,16(23)27)8-9-6-10(22)7-11(13(9)21)14-15(29-17(20)26-14)12-4-5-24-18(25-12)28-3/h4-7H,8H2,1-3H3,(H2,23,27). The van der Waals surface area contributed by atoms with Crippen molar-refractivity contribution in [3.8, 4) is 21.8 Å². The number of carbonyl (C=O) groups excluding carboxylic acids is 1. The maximum atomic E-state index is 14.5. The van der Waals surface area contributed by atoms with Gasteiger partial charge in [0.05, 0.1) is 21.3 Å². The number of rotatable bonds is 6. The highest BCUT2D eigenvalue weighted by Crippen LogP contribution is 2.42. The molecule has 0 bridgehead atoms. The van der Waals surface area contributed by atoms with Crippen LogP contribution in [-0.4, -0.2) is 27.1 Å². The van der Waals surface area contributed by atoms with Crippen LogP contribution in [0.2, 0.25) is 5.02 Å². The fourth-order valence-corrected chi connectivity index (χ4v) is 4.79. The average Bonchev–Trinajstić information content (AvgIpc) is 3.05. The zero-order valence-corrected chi connectivity index (χ0v) is 19.8. The van der Waals surface area contributed by atoms with Gasteiger partial charge in [0.15, 0.2) is 9.07 Å². The largest absolute Gasteiger partial charge is 0.369 e. The summed E-state index contributed by atoms with van der Waals surface area (Å²) >= 11 is 12.8. The van der Waals surface area contributed by atoms with Crippen molar-refractivity contribution in [2.75, 3.05) is 6.26 Å². The Morgan fingerprint density at radius 2 is 2.10 bits per heavy atom. The van der Waals surface area contributed by atoms with E-state index in [0.717, 1.165) is 4.88 Å². The summed E-state index contributed by atoms with van der Waals surface area (Å²) in [6.07, 6.45) is 3.76. The second-order valence-corrected chi connectivity index (χ2v) is 10.4. The first kappa shape index (κ1) is 22.1. The number of halogens is 3. The van der Waals surface area contributed by atoms with E-state index < -0.39 is 17.1 Å². The molecular weight excluding hydrogens is 499 g/mol. The summed E-state index contributed by atoms with van der Waals surface area (Å²) in [5.41, 5.74) is 6.71. The Morgan fingerprint density at radius 1 is 1.38 bits per heavy atom. The van der Waals surface area contributed by atoms with Crippen molar-refractivity contribution in [1.82, 2.24) is 15.0 Å². The van der Waals surface area contributed by atoms with Crippen LogP contribution < -0.4 is 5.73 Å². The summed E-state index contributed by atoms with van der Waals surface area (Å²) in [6, 6.07) is 4.44. The van der Waals surface area contributed by atoms with Gasteiger partial charge in [0.2, 0.25) is 5.91 Å². The number of primary amides is 1. The van der Waals surface area contributed by atoms with E-state index in [1.807, 2.05) is 6.26 Å². The fraction of sp³-hybridized carbons (Fsp3) is 0.263. The molecule has 0 unspecified atom stereocenters. The first-order valence-corrected chi connectivity index (χ1v) is 11.7. The van der Waals surface area contributed by atoms with Crippen molar-refractivity contribution in [2.24, 2.45) is 11.1 Å². The Kier molecular flexibility index (Phi) is 6.62. The SMILES string of the molecule is CSc1nccc(-c2sc(Br)nc2-c2cc(F)cc(CC(C)(C)C(N)=O)c2Cl)n1. The van der Waals surface area contributed by atoms with E-state index in [4.69, 9.17) is 17.3 Å². The van der Waals surface area contributed by atoms with Gasteiger partial charge in [-0.05, 0) is 52.4 Å². The third kappa shape index (κ3) is 4.79. The number of thiazole rings is 1. The minimum absolute atomic E-state index is 0.205. The molecule has 0 radical (unpaired) electrons. The van der Waals surface area contributed by atoms with Crippen molar-refractivity contribution in [3.63, 3.8) is 0 Å². The van der Waals surface area contributed by atoms with Gasteiger partial charge in [-0.15, -0.1) is 11.3 Å². The predicted octanol–water partition coefficient (Wildman–Crippen LogP) is 5.60. The summed E-state index contributed by atoms with van der Waals surface area (Å²) in [5.74, 6) is -0.954. The van der Waals surface area contributed by atoms with Crippen LogP contribution in [0.5, 0.6) is 0 Å². The molecule has 0 aliphatic carbocycles. The third-order valence-corrected chi connectivity index (χ3v) is 6.85. The molecule has 0 fully saturated rings. The first-order valence-electron chi connectivity index (χ1n) is 8.44. The molecular formula is C19H17BrClFN4OS2. The van der Waals surface area contributed by atoms with Crippen LogP contribution in [0.15, 0.2) is 33.5 Å². The van der Waals surface area contributed by atoms with Gasteiger partial charge in [-0.1, -0.05) is 37.2 Å². The van der Waals surface area contributed by atoms with Gasteiger partial charge < -0.3 is 5.73 Å². The molecule has 0 atom stereocenters. The van der Waals surface area contributed by atoms with Gasteiger partial charge in [0, 0.05) is 17.2 Å². The van der Waals surface area contributed by atoms with Crippen LogP contribution >= 0.6 is 50.6 Å².